The highest BCUT2D eigenvalue weighted by Crippen LogP contribution is 2.27. The van der Waals surface area contributed by atoms with Crippen LogP contribution in [0.5, 0.6) is 5.75 Å². The second kappa shape index (κ2) is 9.57. The molecule has 0 spiro atoms. The normalized spacial score (nSPS) is 16.3. The Kier molecular flexibility index (Phi) is 6.42. The molecule has 0 radical (unpaired) electrons. The van der Waals surface area contributed by atoms with Gasteiger partial charge in [0.1, 0.15) is 23.7 Å². The number of rotatable bonds is 8. The summed E-state index contributed by atoms with van der Waals surface area (Å²) in [6, 6.07) is 7.57. The van der Waals surface area contributed by atoms with Gasteiger partial charge >= 0.3 is 0 Å². The summed E-state index contributed by atoms with van der Waals surface area (Å²) in [7, 11) is 1.64. The van der Waals surface area contributed by atoms with Gasteiger partial charge < -0.3 is 24.7 Å². The zero-order chi connectivity index (χ0) is 21.6. The third-order valence-electron chi connectivity index (χ3n) is 5.22. The van der Waals surface area contributed by atoms with Crippen molar-refractivity contribution >= 4 is 28.7 Å². The van der Waals surface area contributed by atoms with Crippen LogP contribution in [0.4, 0.5) is 11.6 Å². The Morgan fingerprint density at radius 3 is 2.94 bits per heavy atom. The molecule has 1 unspecified atom stereocenters. The van der Waals surface area contributed by atoms with Crippen molar-refractivity contribution in [2.24, 2.45) is 0 Å². The number of likely N-dealkylation sites (tertiary alicyclic amines) is 1. The molecule has 162 valence electrons. The lowest BCUT2D eigenvalue weighted by Gasteiger charge is -2.31. The first kappa shape index (κ1) is 20.8. The molecule has 9 nitrogen and oxygen atoms in total. The molecule has 0 bridgehead atoms. The number of amides is 1. The lowest BCUT2D eigenvalue weighted by atomic mass is 9.97. The molecule has 1 aliphatic heterocycles. The molecular formula is C22H26N6O3. The van der Waals surface area contributed by atoms with E-state index in [1.165, 1.54) is 6.08 Å². The maximum atomic E-state index is 12.0. The summed E-state index contributed by atoms with van der Waals surface area (Å²) in [4.78, 5) is 30.7. The summed E-state index contributed by atoms with van der Waals surface area (Å²) < 4.78 is 10.6. The summed E-state index contributed by atoms with van der Waals surface area (Å²) in [6.45, 7) is 6.02. The summed E-state index contributed by atoms with van der Waals surface area (Å²) in [5, 5.41) is 3.19. The molecular weight excluding hydrogens is 396 g/mol. The van der Waals surface area contributed by atoms with Crippen LogP contribution in [-0.4, -0.2) is 64.2 Å². The Morgan fingerprint density at radius 1 is 1.32 bits per heavy atom. The molecule has 3 heterocycles. The van der Waals surface area contributed by atoms with Gasteiger partial charge in [-0.3, -0.25) is 4.79 Å². The van der Waals surface area contributed by atoms with Gasteiger partial charge in [0.05, 0.1) is 12.8 Å². The zero-order valence-corrected chi connectivity index (χ0v) is 17.5. The number of nitrogens with one attached hydrogen (secondary N) is 2. The van der Waals surface area contributed by atoms with Crippen LogP contribution >= 0.6 is 0 Å². The van der Waals surface area contributed by atoms with Gasteiger partial charge in [0.2, 0.25) is 11.9 Å². The third-order valence-corrected chi connectivity index (χ3v) is 5.22. The van der Waals surface area contributed by atoms with Crippen LogP contribution in [0.15, 0.2) is 43.1 Å². The van der Waals surface area contributed by atoms with Crippen LogP contribution in [0.2, 0.25) is 0 Å². The number of methoxy groups -OCH3 is 1. The van der Waals surface area contributed by atoms with E-state index in [0.29, 0.717) is 36.9 Å². The molecule has 2 aromatic heterocycles. The van der Waals surface area contributed by atoms with Gasteiger partial charge in [0, 0.05) is 31.8 Å². The van der Waals surface area contributed by atoms with Gasteiger partial charge in [-0.2, -0.15) is 4.98 Å². The third kappa shape index (κ3) is 5.00. The van der Waals surface area contributed by atoms with E-state index in [4.69, 9.17) is 9.47 Å². The van der Waals surface area contributed by atoms with E-state index in [-0.39, 0.29) is 11.8 Å². The molecule has 1 amide bonds. The van der Waals surface area contributed by atoms with E-state index in [0.717, 1.165) is 36.6 Å². The number of nitrogens with zero attached hydrogens (tertiary/aromatic N) is 4. The number of aromatic nitrogens is 4. The molecule has 9 heteroatoms. The second-order valence-corrected chi connectivity index (χ2v) is 7.37. The second-order valence-electron chi connectivity index (χ2n) is 7.37. The van der Waals surface area contributed by atoms with Crippen molar-refractivity contribution in [1.82, 2.24) is 24.8 Å². The minimum Gasteiger partial charge on any atom is -0.491 e. The van der Waals surface area contributed by atoms with E-state index in [1.54, 1.807) is 13.3 Å². The van der Waals surface area contributed by atoms with Crippen LogP contribution in [0.1, 0.15) is 24.6 Å². The standard InChI is InChI=1S/C22H26N6O3/c1-3-19(29)28-10-4-5-15(14-28)20-25-18-13-23-22(27-21(18)26-20)24-16-6-8-17(9-7-16)31-12-11-30-2/h3,6-9,13,15H,1,4-5,10-12,14H2,2H3,(H2,23,24,25,26,27). The van der Waals surface area contributed by atoms with E-state index >= 15 is 0 Å². The number of hydrogen-bond donors (Lipinski definition) is 2. The van der Waals surface area contributed by atoms with Gasteiger partial charge in [0.25, 0.3) is 0 Å². The first-order valence-corrected chi connectivity index (χ1v) is 10.3. The maximum absolute atomic E-state index is 12.0. The number of carbonyl (C=O) groups is 1. The van der Waals surface area contributed by atoms with Crippen molar-refractivity contribution in [1.29, 1.82) is 0 Å². The van der Waals surface area contributed by atoms with Crippen LogP contribution in [-0.2, 0) is 9.53 Å². The number of hydrogen-bond acceptors (Lipinski definition) is 7. The predicted octanol–water partition coefficient (Wildman–Crippen LogP) is 3.01. The molecule has 1 fully saturated rings. The Hall–Kier alpha value is -3.46. The Bertz CT molecular complexity index is 1050. The van der Waals surface area contributed by atoms with Crippen molar-refractivity contribution < 1.29 is 14.3 Å². The summed E-state index contributed by atoms with van der Waals surface area (Å²) in [5.41, 5.74) is 2.22. The number of aromatic amines is 1. The highest BCUT2D eigenvalue weighted by Gasteiger charge is 2.26. The van der Waals surface area contributed by atoms with Crippen LogP contribution in [0.3, 0.4) is 0 Å². The minimum absolute atomic E-state index is 0.0396. The first-order valence-electron chi connectivity index (χ1n) is 10.3. The quantitative estimate of drug-likeness (QED) is 0.425. The number of carbonyl (C=O) groups excluding carboxylic acids is 1. The fourth-order valence-electron chi connectivity index (χ4n) is 3.62. The number of H-pyrrole nitrogens is 1. The topological polar surface area (TPSA) is 105 Å². The fraction of sp³-hybridized carbons (Fsp3) is 0.364. The molecule has 2 N–H and O–H groups in total. The Morgan fingerprint density at radius 2 is 2.16 bits per heavy atom. The highest BCUT2D eigenvalue weighted by molar-refractivity contribution is 5.87. The molecule has 0 aliphatic carbocycles. The minimum atomic E-state index is -0.0396. The van der Waals surface area contributed by atoms with Crippen molar-refractivity contribution in [3.8, 4) is 5.75 Å². The number of benzene rings is 1. The monoisotopic (exact) mass is 422 g/mol. The summed E-state index contributed by atoms with van der Waals surface area (Å²) in [6.07, 6.45) is 4.97. The van der Waals surface area contributed by atoms with E-state index in [1.807, 2.05) is 29.2 Å². The first-order chi connectivity index (χ1) is 15.2. The average molecular weight is 422 g/mol. The van der Waals surface area contributed by atoms with Gasteiger partial charge in [-0.05, 0) is 43.2 Å². The van der Waals surface area contributed by atoms with Crippen LogP contribution in [0.25, 0.3) is 11.2 Å². The number of ether oxygens (including phenoxy) is 2. The van der Waals surface area contributed by atoms with Crippen LogP contribution < -0.4 is 10.1 Å². The predicted molar refractivity (Wildman–Crippen MR) is 118 cm³/mol. The summed E-state index contributed by atoms with van der Waals surface area (Å²) >= 11 is 0. The number of imidazole rings is 1. The molecule has 0 saturated carbocycles. The fourth-order valence-corrected chi connectivity index (χ4v) is 3.62. The van der Waals surface area contributed by atoms with Gasteiger partial charge in [0.15, 0.2) is 5.65 Å². The largest absolute Gasteiger partial charge is 0.491 e. The van der Waals surface area contributed by atoms with Gasteiger partial charge in [-0.1, -0.05) is 6.58 Å². The van der Waals surface area contributed by atoms with E-state index < -0.39 is 0 Å². The Labute approximate surface area is 180 Å². The molecule has 1 atom stereocenters. The highest BCUT2D eigenvalue weighted by atomic mass is 16.5. The number of anilines is 2. The maximum Gasteiger partial charge on any atom is 0.245 e. The smallest absolute Gasteiger partial charge is 0.245 e. The van der Waals surface area contributed by atoms with Crippen molar-refractivity contribution in [3.05, 3.63) is 48.9 Å². The molecule has 1 aromatic carbocycles. The Balaban J connectivity index is 1.44. The lowest BCUT2D eigenvalue weighted by Crippen LogP contribution is -2.38. The lowest BCUT2D eigenvalue weighted by molar-refractivity contribution is -0.127. The number of fused-ring (bicyclic) bond motifs is 1. The van der Waals surface area contributed by atoms with E-state index in [9.17, 15) is 4.79 Å². The van der Waals surface area contributed by atoms with Crippen molar-refractivity contribution in [3.63, 3.8) is 0 Å². The molecule has 4 rings (SSSR count). The zero-order valence-electron chi connectivity index (χ0n) is 17.5. The van der Waals surface area contributed by atoms with Gasteiger partial charge in [-0.15, -0.1) is 0 Å². The SMILES string of the molecule is C=CC(=O)N1CCCC(c2nc3cnc(Nc4ccc(OCCOC)cc4)nc3[nH]2)C1. The summed E-state index contributed by atoms with van der Waals surface area (Å²) in [5.74, 6) is 2.19. The number of piperidine rings is 1. The van der Waals surface area contributed by atoms with Crippen molar-refractivity contribution in [2.75, 3.05) is 38.7 Å². The molecule has 1 aliphatic rings. The average Bonchev–Trinajstić information content (AvgIpc) is 3.23. The van der Waals surface area contributed by atoms with Crippen molar-refractivity contribution in [2.45, 2.75) is 18.8 Å². The molecule has 3 aromatic rings. The molecule has 31 heavy (non-hydrogen) atoms. The van der Waals surface area contributed by atoms with Crippen LogP contribution in [0, 0.1) is 0 Å². The van der Waals surface area contributed by atoms with Gasteiger partial charge in [-0.25, -0.2) is 9.97 Å². The van der Waals surface area contributed by atoms with E-state index in [2.05, 4.69) is 31.8 Å². The molecule has 1 saturated heterocycles.